The van der Waals surface area contributed by atoms with Crippen LogP contribution in [-0.4, -0.2) is 44.7 Å². The van der Waals surface area contributed by atoms with Gasteiger partial charge in [-0.25, -0.2) is 9.78 Å². The first-order valence-corrected chi connectivity index (χ1v) is 10.3. The molecule has 0 saturated heterocycles. The Hall–Kier alpha value is -2.30. The summed E-state index contributed by atoms with van der Waals surface area (Å²) >= 11 is 0. The number of hydrogen-bond acceptors (Lipinski definition) is 6. The number of hydrogen-bond donors (Lipinski definition) is 2. The van der Waals surface area contributed by atoms with Crippen LogP contribution in [0.1, 0.15) is 67.6 Å². The molecule has 0 spiro atoms. The number of carboxylic acids is 1. The molecular formula is C21H30N5NaO5. The van der Waals surface area contributed by atoms with Crippen molar-refractivity contribution < 1.29 is 53.8 Å². The molecule has 0 aliphatic carbocycles. The van der Waals surface area contributed by atoms with E-state index in [1.54, 1.807) is 55.4 Å². The average Bonchev–Trinajstić information content (AvgIpc) is 3.29. The number of anilines is 1. The first kappa shape index (κ1) is 27.7. The first-order chi connectivity index (χ1) is 14.6. The fourth-order valence-electron chi connectivity index (χ4n) is 3.10. The van der Waals surface area contributed by atoms with Gasteiger partial charge >= 0.3 is 35.7 Å². The van der Waals surface area contributed by atoms with Gasteiger partial charge in [0.05, 0.1) is 5.69 Å². The number of aromatic carboxylic acids is 1. The Balaban J connectivity index is 0.00000512. The van der Waals surface area contributed by atoms with Gasteiger partial charge in [-0.1, -0.05) is 12.8 Å². The van der Waals surface area contributed by atoms with Crippen LogP contribution in [0.25, 0.3) is 0 Å². The van der Waals surface area contributed by atoms with E-state index in [4.69, 9.17) is 4.74 Å². The van der Waals surface area contributed by atoms with E-state index in [-0.39, 0.29) is 41.3 Å². The number of carbonyl (C=O) groups excluding carboxylic acids is 3. The summed E-state index contributed by atoms with van der Waals surface area (Å²) < 4.78 is 8.62. The molecule has 2 aromatic heterocycles. The number of ether oxygens (including phenoxy) is 1. The molecule has 0 radical (unpaired) electrons. The standard InChI is InChI=1S/C21H31N5O5.Na/c1-21(2,3)31-20(30)24-15-13-16(18(27)22-4)26(14-15)11-8-6-5-7-10-25-12-9-23-17(25)19(28)29;/h9,12-14H,5-8,10-11H2,1-4H3,(H,22,27)(H,24,30)(H,28,29);/q;+1/p-1. The van der Waals surface area contributed by atoms with Crippen molar-refractivity contribution in [1.29, 1.82) is 0 Å². The fourth-order valence-corrected chi connectivity index (χ4v) is 3.10. The van der Waals surface area contributed by atoms with Crippen LogP contribution in [0.4, 0.5) is 10.5 Å². The Morgan fingerprint density at radius 2 is 1.72 bits per heavy atom. The van der Waals surface area contributed by atoms with Gasteiger partial charge in [-0.2, -0.15) is 0 Å². The number of aromatic nitrogens is 3. The van der Waals surface area contributed by atoms with E-state index < -0.39 is 17.7 Å². The van der Waals surface area contributed by atoms with Gasteiger partial charge in [-0.05, 0) is 39.7 Å². The Kier molecular flexibility index (Phi) is 11.0. The van der Waals surface area contributed by atoms with Crippen molar-refractivity contribution in [3.63, 3.8) is 0 Å². The minimum absolute atomic E-state index is 0. The van der Waals surface area contributed by atoms with Crippen LogP contribution < -0.4 is 45.3 Å². The minimum atomic E-state index is -1.28. The average molecular weight is 455 g/mol. The second-order valence-corrected chi connectivity index (χ2v) is 8.16. The number of nitrogens with zero attached hydrogens (tertiary/aromatic N) is 3. The van der Waals surface area contributed by atoms with Gasteiger partial charge < -0.3 is 29.1 Å². The largest absolute Gasteiger partial charge is 1.00 e. The van der Waals surface area contributed by atoms with Gasteiger partial charge in [0.1, 0.15) is 17.3 Å². The molecule has 0 saturated carbocycles. The summed E-state index contributed by atoms with van der Waals surface area (Å²) in [5.41, 5.74) is 0.322. The van der Waals surface area contributed by atoms with Crippen molar-refractivity contribution in [3.8, 4) is 0 Å². The normalized spacial score (nSPS) is 10.9. The molecule has 0 bridgehead atoms. The third-order valence-corrected chi connectivity index (χ3v) is 4.45. The molecule has 0 aromatic carbocycles. The molecule has 10 nitrogen and oxygen atoms in total. The smallest absolute Gasteiger partial charge is 0.542 e. The molecule has 2 aromatic rings. The summed E-state index contributed by atoms with van der Waals surface area (Å²) in [6.07, 6.45) is 7.62. The van der Waals surface area contributed by atoms with Crippen molar-refractivity contribution in [3.05, 3.63) is 36.2 Å². The third kappa shape index (κ3) is 8.68. The number of rotatable bonds is 10. The van der Waals surface area contributed by atoms with E-state index in [2.05, 4.69) is 15.6 Å². The van der Waals surface area contributed by atoms with Gasteiger partial charge in [0.15, 0.2) is 5.82 Å². The first-order valence-electron chi connectivity index (χ1n) is 10.3. The molecule has 2 amide bonds. The van der Waals surface area contributed by atoms with E-state index in [0.717, 1.165) is 25.7 Å². The van der Waals surface area contributed by atoms with Gasteiger partial charge in [0.2, 0.25) is 0 Å². The van der Waals surface area contributed by atoms with Crippen molar-refractivity contribution in [2.75, 3.05) is 12.4 Å². The predicted octanol–water partition coefficient (Wildman–Crippen LogP) is -0.981. The molecular weight excluding hydrogens is 425 g/mol. The summed E-state index contributed by atoms with van der Waals surface area (Å²) in [5, 5.41) is 16.2. The third-order valence-electron chi connectivity index (χ3n) is 4.45. The summed E-state index contributed by atoms with van der Waals surface area (Å²) in [6.45, 7) is 6.49. The zero-order valence-corrected chi connectivity index (χ0v) is 21.4. The summed E-state index contributed by atoms with van der Waals surface area (Å²) in [5.74, 6) is -1.59. The topological polar surface area (TPSA) is 130 Å². The summed E-state index contributed by atoms with van der Waals surface area (Å²) in [7, 11) is 1.55. The Labute approximate surface area is 210 Å². The molecule has 170 valence electrons. The summed E-state index contributed by atoms with van der Waals surface area (Å²) in [4.78, 5) is 38.9. The monoisotopic (exact) mass is 455 g/mol. The number of carbonyl (C=O) groups is 3. The van der Waals surface area contributed by atoms with E-state index in [1.807, 2.05) is 0 Å². The number of amides is 2. The van der Waals surface area contributed by atoms with Crippen molar-refractivity contribution in [1.82, 2.24) is 19.4 Å². The van der Waals surface area contributed by atoms with Crippen LogP contribution in [0.3, 0.4) is 0 Å². The number of aryl methyl sites for hydroxylation is 2. The Bertz CT molecular complexity index is 916. The van der Waals surface area contributed by atoms with E-state index >= 15 is 0 Å². The molecule has 0 aliphatic rings. The van der Waals surface area contributed by atoms with Crippen LogP contribution in [-0.2, 0) is 17.8 Å². The molecule has 2 rings (SSSR count). The SMILES string of the molecule is CNC(=O)c1cc(NC(=O)OC(C)(C)C)cn1CCCCCCn1ccnc1C(=O)[O-].[Na+]. The number of carboxylic acid groups (broad SMARTS) is 1. The van der Waals surface area contributed by atoms with E-state index in [1.165, 1.54) is 6.20 Å². The molecule has 0 unspecified atom stereocenters. The molecule has 32 heavy (non-hydrogen) atoms. The Morgan fingerprint density at radius 1 is 1.09 bits per heavy atom. The molecule has 0 aliphatic heterocycles. The second-order valence-electron chi connectivity index (χ2n) is 8.16. The predicted molar refractivity (Wildman–Crippen MR) is 113 cm³/mol. The van der Waals surface area contributed by atoms with E-state index in [9.17, 15) is 19.5 Å². The van der Waals surface area contributed by atoms with Crippen molar-refractivity contribution in [2.24, 2.45) is 0 Å². The number of nitrogens with one attached hydrogen (secondary N) is 2. The van der Waals surface area contributed by atoms with Gasteiger partial charge in [-0.3, -0.25) is 10.1 Å². The molecule has 2 N–H and O–H groups in total. The second kappa shape index (κ2) is 12.7. The van der Waals surface area contributed by atoms with Crippen LogP contribution in [0.2, 0.25) is 0 Å². The van der Waals surface area contributed by atoms with Gasteiger partial charge in [0.25, 0.3) is 5.91 Å². The fraction of sp³-hybridized carbons (Fsp3) is 0.524. The van der Waals surface area contributed by atoms with Crippen LogP contribution in [0, 0.1) is 0 Å². The maximum atomic E-state index is 12.2. The summed E-state index contributed by atoms with van der Waals surface area (Å²) in [6, 6.07) is 1.61. The number of unbranched alkanes of at least 4 members (excludes halogenated alkanes) is 3. The zero-order chi connectivity index (χ0) is 23.0. The van der Waals surface area contributed by atoms with E-state index in [0.29, 0.717) is 24.5 Å². The molecule has 11 heteroatoms. The molecule has 0 atom stereocenters. The quantitative estimate of drug-likeness (QED) is 0.350. The maximum Gasteiger partial charge on any atom is 1.00 e. The van der Waals surface area contributed by atoms with Crippen molar-refractivity contribution >= 4 is 23.7 Å². The Morgan fingerprint density at radius 3 is 2.28 bits per heavy atom. The van der Waals surface area contributed by atoms with Crippen LogP contribution >= 0.6 is 0 Å². The molecule has 0 fully saturated rings. The van der Waals surface area contributed by atoms with Gasteiger partial charge in [0, 0.05) is 38.7 Å². The van der Waals surface area contributed by atoms with Crippen LogP contribution in [0.5, 0.6) is 0 Å². The minimum Gasteiger partial charge on any atom is -0.542 e. The van der Waals surface area contributed by atoms with Crippen LogP contribution in [0.15, 0.2) is 24.7 Å². The number of imidazole rings is 1. The molecule has 2 heterocycles. The van der Waals surface area contributed by atoms with Crippen molar-refractivity contribution in [2.45, 2.75) is 65.1 Å². The van der Waals surface area contributed by atoms with Gasteiger partial charge in [-0.15, -0.1) is 0 Å². The zero-order valence-electron chi connectivity index (χ0n) is 19.4. The maximum absolute atomic E-state index is 12.2.